The first-order valence-corrected chi connectivity index (χ1v) is 69.8. The molecular weight excluding hydrogens is 1940 g/mol. The first-order valence-electron chi connectivity index (χ1n) is 53.8. The number of hydrogen-bond acceptors (Lipinski definition) is 12. The van der Waals surface area contributed by atoms with E-state index >= 15 is 0 Å². The van der Waals surface area contributed by atoms with Gasteiger partial charge in [-0.2, -0.15) is 0 Å². The molecule has 0 unspecified atom stereocenters. The predicted molar refractivity (Wildman–Crippen MR) is 621 cm³/mol. The molecule has 2 aromatic heterocycles. The van der Waals surface area contributed by atoms with Gasteiger partial charge in [-0.3, -0.25) is 9.97 Å². The smallest absolute Gasteiger partial charge is 0.194 e. The van der Waals surface area contributed by atoms with Gasteiger partial charge in [0.2, 0.25) is 0 Å². The van der Waals surface area contributed by atoms with E-state index in [0.717, 1.165) is 198 Å². The van der Waals surface area contributed by atoms with E-state index in [0.29, 0.717) is 10.0 Å². The number of halogens is 2. The molecular formula is C126H156Cl2N2O10Si6. The lowest BCUT2D eigenvalue weighted by Crippen LogP contribution is -2.48. The van der Waals surface area contributed by atoms with Gasteiger partial charge in [-0.15, -0.1) is 0 Å². The maximum Gasteiger partial charge on any atom is 0.194 e. The third-order valence-corrected chi connectivity index (χ3v) is 62.6. The van der Waals surface area contributed by atoms with Gasteiger partial charge in [0.1, 0.15) is 56.0 Å². The molecule has 16 bridgehead atoms. The van der Waals surface area contributed by atoms with Crippen LogP contribution in [-0.2, 0) is 102 Å². The number of benzene rings is 7. The zero-order chi connectivity index (χ0) is 105. The van der Waals surface area contributed by atoms with E-state index in [1.165, 1.54) is 0 Å². The molecule has 0 amide bonds. The van der Waals surface area contributed by atoms with Gasteiger partial charge in [-0.25, -0.2) is 0 Å². The number of pyridine rings is 2. The molecule has 0 radical (unpaired) electrons. The van der Waals surface area contributed by atoms with E-state index in [4.69, 9.17) is 78.7 Å². The van der Waals surface area contributed by atoms with Crippen molar-refractivity contribution in [2.75, 3.05) is 28.4 Å². The average molecular weight is 2100 g/mol. The van der Waals surface area contributed by atoms with Gasteiger partial charge in [-0.1, -0.05) is 293 Å². The largest absolute Gasteiger partial charge is 0.401 e. The summed E-state index contributed by atoms with van der Waals surface area (Å²) in [4.78, 5) is 10.3. The van der Waals surface area contributed by atoms with E-state index in [9.17, 15) is 0 Å². The van der Waals surface area contributed by atoms with Crippen molar-refractivity contribution < 1.29 is 45.5 Å². The van der Waals surface area contributed by atoms with Gasteiger partial charge in [0.15, 0.2) is 49.9 Å². The van der Waals surface area contributed by atoms with Crippen LogP contribution in [0.3, 0.4) is 0 Å². The van der Waals surface area contributed by atoms with E-state index in [1.807, 2.05) is 36.7 Å². The van der Waals surface area contributed by atoms with Crippen LogP contribution in [0, 0.1) is 23.7 Å². The molecule has 0 spiro atoms. The Hall–Kier alpha value is -9.16. The quantitative estimate of drug-likeness (QED) is 0.0208. The second-order valence-electron chi connectivity index (χ2n) is 40.4. The Labute approximate surface area is 890 Å². The van der Waals surface area contributed by atoms with Crippen molar-refractivity contribution in [1.29, 1.82) is 0 Å². The lowest BCUT2D eigenvalue weighted by Gasteiger charge is -2.45. The minimum Gasteiger partial charge on any atom is -0.401 e. The van der Waals surface area contributed by atoms with Crippen LogP contribution in [0.4, 0.5) is 0 Å². The summed E-state index contributed by atoms with van der Waals surface area (Å²) in [5.41, 5.74) is 7.94. The van der Waals surface area contributed by atoms with Gasteiger partial charge in [0, 0.05) is 84.3 Å². The number of aromatic nitrogens is 2. The van der Waals surface area contributed by atoms with Crippen molar-refractivity contribution >= 4 is 73.1 Å². The lowest BCUT2D eigenvalue weighted by atomic mass is 9.79. The second kappa shape index (κ2) is 47.2. The van der Waals surface area contributed by atoms with Crippen molar-refractivity contribution in [1.82, 2.24) is 9.97 Å². The highest BCUT2D eigenvalue weighted by Gasteiger charge is 2.52. The lowest BCUT2D eigenvalue weighted by molar-refractivity contribution is 0.0407. The third-order valence-electron chi connectivity index (χ3n) is 34.3. The molecule has 6 heterocycles. The topological polar surface area (TPSA) is 118 Å². The fourth-order valence-electron chi connectivity index (χ4n) is 22.3. The summed E-state index contributed by atoms with van der Waals surface area (Å²) in [5, 5.41) is 1.42. The fourth-order valence-corrected chi connectivity index (χ4v) is 40.0. The van der Waals surface area contributed by atoms with E-state index < -0.39 is 106 Å². The molecule has 27 rings (SSSR count). The zero-order valence-corrected chi connectivity index (χ0v) is 98.1. The summed E-state index contributed by atoms with van der Waals surface area (Å²) < 4.78 is 70.3. The van der Waals surface area contributed by atoms with Crippen LogP contribution in [0.25, 0.3) is 22.5 Å². The molecule has 9 aromatic rings. The number of nitrogens with zero attached hydrogens (tertiary/aromatic N) is 2. The molecule has 7 aromatic carbocycles. The summed E-state index contributed by atoms with van der Waals surface area (Å²) >= 11 is 12.9. The molecule has 4 aliphatic heterocycles. The Bertz CT molecular complexity index is 5860. The van der Waals surface area contributed by atoms with Crippen LogP contribution in [0.5, 0.6) is 0 Å². The van der Waals surface area contributed by atoms with E-state index in [1.54, 1.807) is 28.4 Å². The van der Waals surface area contributed by atoms with Crippen molar-refractivity contribution in [3.8, 4) is 46.2 Å². The third kappa shape index (κ3) is 22.5. The van der Waals surface area contributed by atoms with Crippen molar-refractivity contribution in [2.24, 2.45) is 0 Å². The van der Waals surface area contributed by atoms with Crippen LogP contribution in [0.2, 0.25) is 119 Å². The molecule has 0 atom stereocenters. The molecule has 146 heavy (non-hydrogen) atoms. The summed E-state index contributed by atoms with van der Waals surface area (Å²) in [6, 6.07) is 85.9. The Morgan fingerprint density at radius 2 is 0.349 bits per heavy atom. The van der Waals surface area contributed by atoms with Crippen LogP contribution in [0.15, 0.2) is 328 Å². The van der Waals surface area contributed by atoms with Gasteiger partial charge in [0.25, 0.3) is 0 Å². The molecule has 0 saturated heterocycles. The summed E-state index contributed by atoms with van der Waals surface area (Å²) in [5.74, 6) is 12.9. The molecule has 0 saturated carbocycles. The van der Waals surface area contributed by atoms with Gasteiger partial charge in [-0.05, 0) is 347 Å². The first-order chi connectivity index (χ1) is 70.4. The minimum atomic E-state index is -2.19. The SMILES string of the molecule is CC[Si](CC)(CC)OC1(c2ccc(Cl)cc2)C=CC(O[Si](CC)(CC)CC)(c2ccc(C#CC#Cc3ccc(C4(O[Si](CC)(CC)CC)C=CC(O[Si](CC)(CC)CC)(c5ccc(Cl)cc5)C=C4)cc3)cc2)C=C1.CC[Si](CC)(CC)OC12C=CC(O[Si](CC)(CC)CC)(C=C1)c1ccc(nc1)-c1ccc(cc1)C1(OC)C=CC(OC)(C=C1)c1ccc(cc1)C1(OC)C=CC(OC)(C=C1)c1ccc(cc1)-c1ccc2cn1. The normalized spacial score (nSPS) is 24.4. The Balaban J connectivity index is 0.000000231. The zero-order valence-electron chi connectivity index (χ0n) is 90.6. The van der Waals surface area contributed by atoms with Gasteiger partial charge < -0.3 is 45.5 Å². The average Bonchev–Trinajstić information content (AvgIpc) is 0.642. The molecule has 20 heteroatoms. The fraction of sp³-hybridized carbons (Fsp3) is 0.397. The molecule has 768 valence electrons. The van der Waals surface area contributed by atoms with Crippen molar-refractivity contribution in [3.63, 3.8) is 0 Å². The van der Waals surface area contributed by atoms with E-state index in [-0.39, 0.29) is 0 Å². The van der Waals surface area contributed by atoms with Crippen LogP contribution >= 0.6 is 23.2 Å². The molecule has 18 aliphatic rings. The highest BCUT2D eigenvalue weighted by atomic mass is 35.5. The first kappa shape index (κ1) is 112. The highest BCUT2D eigenvalue weighted by molar-refractivity contribution is 6.76. The molecule has 14 aliphatic carbocycles. The number of ether oxygens (including phenoxy) is 4. The summed E-state index contributed by atoms with van der Waals surface area (Å²) in [7, 11) is -5.80. The van der Waals surface area contributed by atoms with Crippen molar-refractivity contribution in [2.45, 2.75) is 289 Å². The Kier molecular flexibility index (Phi) is 36.3. The Morgan fingerprint density at radius 3 is 0.521 bits per heavy atom. The molecule has 12 nitrogen and oxygen atoms in total. The van der Waals surface area contributed by atoms with Crippen molar-refractivity contribution in [3.05, 3.63) is 405 Å². The number of rotatable bonds is 38. The van der Waals surface area contributed by atoms with Gasteiger partial charge >= 0.3 is 0 Å². The Morgan fingerprint density at radius 1 is 0.199 bits per heavy atom. The van der Waals surface area contributed by atoms with Gasteiger partial charge in [0.05, 0.1) is 11.4 Å². The minimum absolute atomic E-state index is 0.712. The maximum atomic E-state index is 7.61. The summed E-state index contributed by atoms with van der Waals surface area (Å²) in [6.45, 7) is 41.1. The summed E-state index contributed by atoms with van der Waals surface area (Å²) in [6.07, 6.45) is 47.9. The molecule has 0 fully saturated rings. The predicted octanol–water partition coefficient (Wildman–Crippen LogP) is 33.3. The van der Waals surface area contributed by atoms with Crippen LogP contribution < -0.4 is 0 Å². The second-order valence-corrected chi connectivity index (χ2v) is 69.4. The molecule has 0 N–H and O–H groups in total. The highest BCUT2D eigenvalue weighted by Crippen LogP contribution is 2.53. The van der Waals surface area contributed by atoms with Crippen LogP contribution in [-0.4, -0.2) is 88.3 Å². The number of methoxy groups -OCH3 is 4. The maximum absolute atomic E-state index is 7.61. The standard InChI is InChI=1S/C64H84Cl2O4Si4.C62H72N2O6Si2/c1-13-71(14-2,15-3)67-61(45-49-63(50-46-61,57-37-41-59(65)42-38-57)69-73(19-7,20-8)21-9)55-33-29-53(30-34-55)27-25-26-28-54-31-35-56(36-32-54)62(68-72(16-4,17-5)18-6)47-51-64(52-48-62,58-39-43-60(66)44-40-58)70-74(22-10,23-11)24-12;1-11-71(12-2,13-3)69-61-41-43-62(44-42-61,70-72(14-4,15-5)16-6)54-30-32-56(64-46-54)48-19-23-50(24-20-48)58(66-8)35-39-60(68-10,40-36-58)52-27-25-51(26-28-52)59(67-9)37-33-57(65-7,34-38-59)49-21-17-47(18-22-49)55-31-29-53(61)45-63-55/h29-52H,13-24H2,1-12H3;17-46H,11-16H2,1-10H3. The monoisotopic (exact) mass is 2090 g/mol. The van der Waals surface area contributed by atoms with E-state index in [2.05, 4.69) is 440 Å². The number of hydrogen-bond donors (Lipinski definition) is 0. The van der Waals surface area contributed by atoms with Crippen LogP contribution in [0.1, 0.15) is 191 Å².